The topological polar surface area (TPSA) is 47.2 Å². The predicted molar refractivity (Wildman–Crippen MR) is 86.6 cm³/mol. The van der Waals surface area contributed by atoms with Crippen molar-refractivity contribution < 1.29 is 4.42 Å². The highest BCUT2D eigenvalue weighted by molar-refractivity contribution is 5.73. The van der Waals surface area contributed by atoms with Crippen LogP contribution in [0.5, 0.6) is 0 Å². The Bertz CT molecular complexity index is 642. The lowest BCUT2D eigenvalue weighted by Crippen LogP contribution is -2.25. The second kappa shape index (κ2) is 6.94. The summed E-state index contributed by atoms with van der Waals surface area (Å²) in [6.45, 7) is 4.47. The van der Waals surface area contributed by atoms with Crippen molar-refractivity contribution in [2.24, 2.45) is 13.0 Å². The molecule has 0 fully saturated rings. The SMILES string of the molecule is CCCCC(CC)C(NC)c1ccc2c(c1)oc(=O)n2C. The van der Waals surface area contributed by atoms with E-state index in [-0.39, 0.29) is 5.76 Å². The van der Waals surface area contributed by atoms with Gasteiger partial charge in [-0.25, -0.2) is 4.79 Å². The van der Waals surface area contributed by atoms with Crippen molar-refractivity contribution in [3.8, 4) is 0 Å². The van der Waals surface area contributed by atoms with Crippen molar-refractivity contribution in [1.29, 1.82) is 0 Å². The highest BCUT2D eigenvalue weighted by atomic mass is 16.4. The molecule has 1 heterocycles. The van der Waals surface area contributed by atoms with Gasteiger partial charge in [-0.05, 0) is 37.1 Å². The molecule has 2 atom stereocenters. The molecule has 0 aliphatic heterocycles. The number of nitrogens with one attached hydrogen (secondary N) is 1. The molecule has 0 bridgehead atoms. The van der Waals surface area contributed by atoms with Crippen LogP contribution in [0.25, 0.3) is 11.1 Å². The van der Waals surface area contributed by atoms with Crippen LogP contribution in [0.15, 0.2) is 27.4 Å². The first-order valence-corrected chi connectivity index (χ1v) is 7.89. The number of rotatable bonds is 7. The molecule has 21 heavy (non-hydrogen) atoms. The first-order valence-electron chi connectivity index (χ1n) is 7.89. The third kappa shape index (κ3) is 3.21. The quantitative estimate of drug-likeness (QED) is 0.847. The van der Waals surface area contributed by atoms with Crippen molar-refractivity contribution in [2.75, 3.05) is 7.05 Å². The van der Waals surface area contributed by atoms with Gasteiger partial charge in [0.05, 0.1) is 5.52 Å². The Morgan fingerprint density at radius 2 is 2.10 bits per heavy atom. The summed E-state index contributed by atoms with van der Waals surface area (Å²) in [5, 5.41) is 3.44. The average molecular weight is 290 g/mol. The molecule has 0 saturated heterocycles. The number of nitrogens with zero attached hydrogens (tertiary/aromatic N) is 1. The summed E-state index contributed by atoms with van der Waals surface area (Å²) < 4.78 is 6.85. The van der Waals surface area contributed by atoms with Crippen LogP contribution < -0.4 is 11.1 Å². The van der Waals surface area contributed by atoms with Gasteiger partial charge in [0.1, 0.15) is 0 Å². The lowest BCUT2D eigenvalue weighted by atomic mass is 9.87. The minimum absolute atomic E-state index is 0.302. The predicted octanol–water partition coefficient (Wildman–Crippen LogP) is 3.61. The summed E-state index contributed by atoms with van der Waals surface area (Å²) in [5.41, 5.74) is 2.72. The van der Waals surface area contributed by atoms with Crippen LogP contribution in [0.1, 0.15) is 51.1 Å². The van der Waals surface area contributed by atoms with Crippen molar-refractivity contribution >= 4 is 11.1 Å². The second-order valence-electron chi connectivity index (χ2n) is 5.73. The van der Waals surface area contributed by atoms with Crippen LogP contribution in [-0.4, -0.2) is 11.6 Å². The fourth-order valence-electron chi connectivity index (χ4n) is 3.09. The fourth-order valence-corrected chi connectivity index (χ4v) is 3.09. The fraction of sp³-hybridized carbons (Fsp3) is 0.588. The van der Waals surface area contributed by atoms with Crippen LogP contribution in [0, 0.1) is 5.92 Å². The zero-order valence-electron chi connectivity index (χ0n) is 13.5. The molecular formula is C17H26N2O2. The monoisotopic (exact) mass is 290 g/mol. The summed E-state index contributed by atoms with van der Waals surface area (Å²) in [6.07, 6.45) is 4.83. The van der Waals surface area contributed by atoms with Crippen molar-refractivity contribution in [2.45, 2.75) is 45.6 Å². The molecule has 1 aromatic heterocycles. The van der Waals surface area contributed by atoms with Crippen molar-refractivity contribution in [3.63, 3.8) is 0 Å². The molecule has 2 unspecified atom stereocenters. The highest BCUT2D eigenvalue weighted by Crippen LogP contribution is 2.30. The zero-order valence-corrected chi connectivity index (χ0v) is 13.5. The second-order valence-corrected chi connectivity index (χ2v) is 5.73. The summed E-state index contributed by atoms with van der Waals surface area (Å²) in [6, 6.07) is 6.39. The maximum atomic E-state index is 11.6. The molecule has 116 valence electrons. The Hall–Kier alpha value is -1.55. The van der Waals surface area contributed by atoms with Gasteiger partial charge in [-0.3, -0.25) is 4.57 Å². The minimum atomic E-state index is -0.304. The maximum absolute atomic E-state index is 11.6. The van der Waals surface area contributed by atoms with Gasteiger partial charge in [0, 0.05) is 13.1 Å². The molecule has 1 aromatic carbocycles. The summed E-state index contributed by atoms with van der Waals surface area (Å²) in [5.74, 6) is 0.295. The van der Waals surface area contributed by atoms with Crippen molar-refractivity contribution in [3.05, 3.63) is 34.3 Å². The number of benzene rings is 1. The number of unbranched alkanes of at least 4 members (excludes halogenated alkanes) is 1. The van der Waals surface area contributed by atoms with Gasteiger partial charge in [0.2, 0.25) is 0 Å². The van der Waals surface area contributed by atoms with E-state index in [4.69, 9.17) is 4.42 Å². The number of aromatic nitrogens is 1. The van der Waals surface area contributed by atoms with Gasteiger partial charge in [-0.1, -0.05) is 39.2 Å². The van der Waals surface area contributed by atoms with Crippen molar-refractivity contribution in [1.82, 2.24) is 9.88 Å². The molecule has 0 amide bonds. The summed E-state index contributed by atoms with van der Waals surface area (Å²) >= 11 is 0. The molecule has 0 spiro atoms. The summed E-state index contributed by atoms with van der Waals surface area (Å²) in [4.78, 5) is 11.6. The van der Waals surface area contributed by atoms with E-state index in [1.165, 1.54) is 24.8 Å². The van der Waals surface area contributed by atoms with E-state index in [0.717, 1.165) is 11.9 Å². The number of fused-ring (bicyclic) bond motifs is 1. The number of hydrogen-bond donors (Lipinski definition) is 1. The molecule has 0 saturated carbocycles. The number of aryl methyl sites for hydroxylation is 1. The Balaban J connectivity index is 2.35. The van der Waals surface area contributed by atoms with Crippen LogP contribution >= 0.6 is 0 Å². The van der Waals surface area contributed by atoms with Crippen LogP contribution in [0.3, 0.4) is 0 Å². The first kappa shape index (κ1) is 15.8. The smallest absolute Gasteiger partial charge is 0.408 e. The highest BCUT2D eigenvalue weighted by Gasteiger charge is 2.21. The molecule has 1 N–H and O–H groups in total. The molecular weight excluding hydrogens is 264 g/mol. The van der Waals surface area contributed by atoms with E-state index < -0.39 is 0 Å². The van der Waals surface area contributed by atoms with E-state index in [0.29, 0.717) is 17.5 Å². The van der Waals surface area contributed by atoms with E-state index in [9.17, 15) is 4.79 Å². The molecule has 4 nitrogen and oxygen atoms in total. The number of oxazole rings is 1. The van der Waals surface area contributed by atoms with Gasteiger partial charge in [-0.15, -0.1) is 0 Å². The number of hydrogen-bond acceptors (Lipinski definition) is 3. The molecule has 4 heteroatoms. The van der Waals surface area contributed by atoms with E-state index in [1.807, 2.05) is 19.2 Å². The lowest BCUT2D eigenvalue weighted by Gasteiger charge is -2.26. The molecule has 0 radical (unpaired) electrons. The third-order valence-corrected chi connectivity index (χ3v) is 4.41. The Morgan fingerprint density at radius 3 is 2.71 bits per heavy atom. The largest absolute Gasteiger partial charge is 0.419 e. The van der Waals surface area contributed by atoms with Gasteiger partial charge < -0.3 is 9.73 Å². The molecule has 0 aliphatic rings. The summed E-state index contributed by atoms with van der Waals surface area (Å²) in [7, 11) is 3.74. The normalized spacial score (nSPS) is 14.5. The minimum Gasteiger partial charge on any atom is -0.408 e. The molecule has 0 aliphatic carbocycles. The Labute approximate surface area is 126 Å². The van der Waals surface area contributed by atoms with Gasteiger partial charge in [0.15, 0.2) is 5.58 Å². The maximum Gasteiger partial charge on any atom is 0.419 e. The van der Waals surface area contributed by atoms with E-state index >= 15 is 0 Å². The Kier molecular flexibility index (Phi) is 5.23. The standard InChI is InChI=1S/C17H26N2O2/c1-5-7-8-12(6-2)16(18-3)13-9-10-14-15(11-13)21-17(20)19(14)4/h9-12,16,18H,5-8H2,1-4H3. The van der Waals surface area contributed by atoms with Gasteiger partial charge >= 0.3 is 5.76 Å². The van der Waals surface area contributed by atoms with Gasteiger partial charge in [0.25, 0.3) is 0 Å². The first-order chi connectivity index (χ1) is 10.1. The lowest BCUT2D eigenvalue weighted by molar-refractivity contribution is 0.339. The van der Waals surface area contributed by atoms with Crippen LogP contribution in [0.4, 0.5) is 0 Å². The van der Waals surface area contributed by atoms with Gasteiger partial charge in [-0.2, -0.15) is 0 Å². The molecule has 2 rings (SSSR count). The molecule has 2 aromatic rings. The third-order valence-electron chi connectivity index (χ3n) is 4.41. The Morgan fingerprint density at radius 1 is 1.33 bits per heavy atom. The van der Waals surface area contributed by atoms with Crippen LogP contribution in [-0.2, 0) is 7.05 Å². The van der Waals surface area contributed by atoms with E-state index in [1.54, 1.807) is 11.6 Å². The average Bonchev–Trinajstić information content (AvgIpc) is 2.78. The zero-order chi connectivity index (χ0) is 15.4. The van der Waals surface area contributed by atoms with Crippen LogP contribution in [0.2, 0.25) is 0 Å². The van der Waals surface area contributed by atoms with E-state index in [2.05, 4.69) is 25.2 Å².